The topological polar surface area (TPSA) is 102 Å². The van der Waals surface area contributed by atoms with Gasteiger partial charge < -0.3 is 5.73 Å². The molecule has 3 N–H and O–H groups in total. The van der Waals surface area contributed by atoms with Crippen molar-refractivity contribution in [3.05, 3.63) is 16.1 Å². The van der Waals surface area contributed by atoms with Crippen LogP contribution in [0.1, 0.15) is 28.3 Å². The van der Waals surface area contributed by atoms with Crippen LogP contribution < -0.4 is 10.5 Å². The number of amides is 1. The van der Waals surface area contributed by atoms with E-state index in [1.165, 1.54) is 11.3 Å². The molecule has 1 saturated carbocycles. The molecule has 0 atom stereocenters. The Labute approximate surface area is 103 Å². The predicted octanol–water partition coefficient (Wildman–Crippen LogP) is -0.134. The number of carbonyl (C=O) groups excluding carboxylic acids is 1. The van der Waals surface area contributed by atoms with Crippen LogP contribution in [0.3, 0.4) is 0 Å². The van der Waals surface area contributed by atoms with Crippen LogP contribution in [-0.2, 0) is 16.4 Å². The molecule has 1 aliphatic carbocycles. The Morgan fingerprint density at radius 3 is 2.88 bits per heavy atom. The number of nitrogens with zero attached hydrogens (tertiary/aromatic N) is 1. The number of nitrogens with two attached hydrogens (primary N) is 1. The third-order valence-electron chi connectivity index (χ3n) is 2.34. The zero-order valence-corrected chi connectivity index (χ0v) is 10.7. The van der Waals surface area contributed by atoms with E-state index in [1.54, 1.807) is 5.38 Å². The van der Waals surface area contributed by atoms with Gasteiger partial charge in [-0.15, -0.1) is 11.3 Å². The number of hydrogen-bond acceptors (Lipinski definition) is 6. The predicted molar refractivity (Wildman–Crippen MR) is 64.3 cm³/mol. The lowest BCUT2D eigenvalue weighted by atomic mass is 10.4. The molecule has 1 amide bonds. The largest absolute Gasteiger partial charge is 0.330 e. The van der Waals surface area contributed by atoms with Crippen LogP contribution in [0.5, 0.6) is 0 Å². The van der Waals surface area contributed by atoms with Crippen LogP contribution in [0.4, 0.5) is 0 Å². The highest BCUT2D eigenvalue weighted by Gasteiger charge is 2.37. The summed E-state index contributed by atoms with van der Waals surface area (Å²) in [5, 5.41) is 1.87. The quantitative estimate of drug-likeness (QED) is 0.779. The molecule has 1 heterocycles. The number of carbonyl (C=O) groups is 1. The number of rotatable bonds is 5. The zero-order chi connectivity index (χ0) is 12.5. The Balaban J connectivity index is 2.03. The van der Waals surface area contributed by atoms with Gasteiger partial charge in [-0.25, -0.2) is 18.1 Å². The van der Waals surface area contributed by atoms with Gasteiger partial charge in [0, 0.05) is 11.8 Å². The lowest BCUT2D eigenvalue weighted by Gasteiger charge is -2.02. The van der Waals surface area contributed by atoms with Gasteiger partial charge in [-0.2, -0.15) is 0 Å². The molecule has 2 rings (SSSR count). The van der Waals surface area contributed by atoms with Gasteiger partial charge >= 0.3 is 0 Å². The molecule has 94 valence electrons. The highest BCUT2D eigenvalue weighted by molar-refractivity contribution is 7.91. The molecule has 17 heavy (non-hydrogen) atoms. The molecule has 6 nitrogen and oxygen atoms in total. The zero-order valence-electron chi connectivity index (χ0n) is 9.05. The monoisotopic (exact) mass is 275 g/mol. The van der Waals surface area contributed by atoms with Crippen LogP contribution in [0.25, 0.3) is 0 Å². The minimum Gasteiger partial charge on any atom is -0.330 e. The molecule has 0 spiro atoms. The summed E-state index contributed by atoms with van der Waals surface area (Å²) >= 11 is 1.31. The molecular formula is C9H13N3O3S2. The first-order valence-electron chi connectivity index (χ1n) is 5.23. The van der Waals surface area contributed by atoms with Crippen molar-refractivity contribution in [2.24, 2.45) is 5.73 Å². The maximum absolute atomic E-state index is 11.6. The Hall–Kier alpha value is -0.990. The van der Waals surface area contributed by atoms with Crippen LogP contribution in [0, 0.1) is 0 Å². The van der Waals surface area contributed by atoms with E-state index in [2.05, 4.69) is 4.98 Å². The van der Waals surface area contributed by atoms with Gasteiger partial charge in [-0.05, 0) is 19.4 Å². The molecule has 1 aliphatic rings. The summed E-state index contributed by atoms with van der Waals surface area (Å²) in [5.74, 6) is -0.656. The highest BCUT2D eigenvalue weighted by Crippen LogP contribution is 2.27. The summed E-state index contributed by atoms with van der Waals surface area (Å²) in [6.45, 7) is 0.453. The van der Waals surface area contributed by atoms with Crippen molar-refractivity contribution in [2.45, 2.75) is 24.5 Å². The van der Waals surface area contributed by atoms with Crippen molar-refractivity contribution in [2.75, 3.05) is 6.54 Å². The van der Waals surface area contributed by atoms with Crippen LogP contribution in [0.15, 0.2) is 5.38 Å². The van der Waals surface area contributed by atoms with Gasteiger partial charge in [0.1, 0.15) is 5.69 Å². The number of hydrogen-bond donors (Lipinski definition) is 2. The molecular weight excluding hydrogens is 262 g/mol. The second-order valence-electron chi connectivity index (χ2n) is 3.84. The summed E-state index contributed by atoms with van der Waals surface area (Å²) < 4.78 is 25.1. The molecule has 0 aliphatic heterocycles. The van der Waals surface area contributed by atoms with Gasteiger partial charge in [0.25, 0.3) is 5.91 Å². The average Bonchev–Trinajstić information content (AvgIpc) is 3.01. The van der Waals surface area contributed by atoms with E-state index < -0.39 is 21.2 Å². The van der Waals surface area contributed by atoms with E-state index in [0.29, 0.717) is 25.8 Å². The second-order valence-corrected chi connectivity index (χ2v) is 6.74. The van der Waals surface area contributed by atoms with Crippen molar-refractivity contribution in [1.82, 2.24) is 9.71 Å². The average molecular weight is 275 g/mol. The maximum atomic E-state index is 11.6. The number of sulfonamides is 1. The lowest BCUT2D eigenvalue weighted by Crippen LogP contribution is -2.33. The first kappa shape index (κ1) is 12.5. The molecule has 8 heteroatoms. The summed E-state index contributed by atoms with van der Waals surface area (Å²) in [4.78, 5) is 15.7. The summed E-state index contributed by atoms with van der Waals surface area (Å²) in [5.41, 5.74) is 5.51. The van der Waals surface area contributed by atoms with Crippen molar-refractivity contribution in [3.8, 4) is 0 Å². The smallest absolute Gasteiger partial charge is 0.284 e. The fourth-order valence-corrected chi connectivity index (χ4v) is 3.38. The Kier molecular flexibility index (Phi) is 3.45. The molecule has 1 fully saturated rings. The van der Waals surface area contributed by atoms with Gasteiger partial charge in [-0.1, -0.05) is 0 Å². The van der Waals surface area contributed by atoms with E-state index in [0.717, 1.165) is 5.01 Å². The van der Waals surface area contributed by atoms with Crippen LogP contribution in [-0.4, -0.2) is 31.1 Å². The second kappa shape index (κ2) is 4.71. The molecule has 0 unspecified atom stereocenters. The fourth-order valence-electron chi connectivity index (χ4n) is 1.30. The molecule has 0 aromatic carbocycles. The Morgan fingerprint density at radius 2 is 2.29 bits per heavy atom. The Morgan fingerprint density at radius 1 is 1.59 bits per heavy atom. The van der Waals surface area contributed by atoms with E-state index in [1.807, 2.05) is 4.72 Å². The molecule has 0 bridgehead atoms. The van der Waals surface area contributed by atoms with Crippen molar-refractivity contribution in [3.63, 3.8) is 0 Å². The summed E-state index contributed by atoms with van der Waals surface area (Å²) in [7, 11) is -3.50. The van der Waals surface area contributed by atoms with E-state index >= 15 is 0 Å². The first-order chi connectivity index (χ1) is 8.03. The fraction of sp³-hybridized carbons (Fsp3) is 0.556. The van der Waals surface area contributed by atoms with Gasteiger partial charge in [0.15, 0.2) is 0 Å². The van der Waals surface area contributed by atoms with Crippen molar-refractivity contribution < 1.29 is 13.2 Å². The highest BCUT2D eigenvalue weighted by atomic mass is 32.2. The maximum Gasteiger partial charge on any atom is 0.284 e. The Bertz CT molecular complexity index is 519. The third kappa shape index (κ3) is 3.02. The molecule has 0 radical (unpaired) electrons. The SMILES string of the molecule is NCCc1nc(C(=O)NS(=O)(=O)C2CC2)cs1. The summed E-state index contributed by atoms with van der Waals surface area (Å²) in [6.07, 6.45) is 1.84. The van der Waals surface area contributed by atoms with Gasteiger partial charge in [0.05, 0.1) is 10.3 Å². The van der Waals surface area contributed by atoms with Gasteiger partial charge in [-0.3, -0.25) is 4.79 Å². The normalized spacial score (nSPS) is 15.8. The molecule has 0 saturated heterocycles. The standard InChI is InChI=1S/C9H13N3O3S2/c10-4-3-8-11-7(5-16-8)9(13)12-17(14,15)6-1-2-6/h5-6H,1-4,10H2,(H,12,13). The number of thiazole rings is 1. The minimum atomic E-state index is -3.50. The molecule has 1 aromatic heterocycles. The minimum absolute atomic E-state index is 0.141. The van der Waals surface area contributed by atoms with E-state index in [9.17, 15) is 13.2 Å². The van der Waals surface area contributed by atoms with Crippen LogP contribution >= 0.6 is 11.3 Å². The van der Waals surface area contributed by atoms with Crippen LogP contribution in [0.2, 0.25) is 0 Å². The summed E-state index contributed by atoms with van der Waals surface area (Å²) in [6, 6.07) is 0. The number of nitrogens with one attached hydrogen (secondary N) is 1. The molecule has 1 aromatic rings. The lowest BCUT2D eigenvalue weighted by molar-refractivity contribution is 0.0977. The van der Waals surface area contributed by atoms with E-state index in [4.69, 9.17) is 5.73 Å². The van der Waals surface area contributed by atoms with E-state index in [-0.39, 0.29) is 5.69 Å². The van der Waals surface area contributed by atoms with Gasteiger partial charge in [0.2, 0.25) is 10.0 Å². The number of aromatic nitrogens is 1. The first-order valence-corrected chi connectivity index (χ1v) is 7.66. The third-order valence-corrected chi connectivity index (χ3v) is 5.07. The van der Waals surface area contributed by atoms with Crippen molar-refractivity contribution >= 4 is 27.3 Å². The van der Waals surface area contributed by atoms with Crippen molar-refractivity contribution in [1.29, 1.82) is 0 Å².